The Morgan fingerprint density at radius 2 is 1.38 bits per heavy atom. The Morgan fingerprint density at radius 1 is 0.962 bits per heavy atom. The van der Waals surface area contributed by atoms with Crippen molar-refractivity contribution in [2.24, 2.45) is 11.3 Å². The van der Waals surface area contributed by atoms with Gasteiger partial charge in [0.2, 0.25) is 11.1 Å². The van der Waals surface area contributed by atoms with Gasteiger partial charge in [0.05, 0.1) is 0 Å². The summed E-state index contributed by atoms with van der Waals surface area (Å²) in [6.07, 6.45) is -1.84. The van der Waals surface area contributed by atoms with Crippen molar-refractivity contribution < 1.29 is 50.5 Å². The number of esters is 2. The third kappa shape index (κ3) is 3.04. The second-order valence-corrected chi connectivity index (χ2v) is 6.09. The third-order valence-electron chi connectivity index (χ3n) is 4.62. The summed E-state index contributed by atoms with van der Waals surface area (Å²) in [5.74, 6) is -15.5. The molecule has 0 saturated heterocycles. The van der Waals surface area contributed by atoms with Crippen LogP contribution in [0.1, 0.15) is 26.7 Å². The number of rotatable bonds is 7. The molecule has 0 bridgehead atoms. The highest BCUT2D eigenvalue weighted by molar-refractivity contribution is 6.02. The SMILES string of the molecule is CCC1CC(C(=O)OCOC)(C(=O)OCOC)C(F)(F)C(C)(F)C1(F)F. The van der Waals surface area contributed by atoms with Crippen molar-refractivity contribution in [2.75, 3.05) is 27.8 Å². The van der Waals surface area contributed by atoms with E-state index in [4.69, 9.17) is 0 Å². The van der Waals surface area contributed by atoms with Crippen molar-refractivity contribution >= 4 is 11.9 Å². The number of carbonyl (C=O) groups excluding carboxylic acids is 2. The first kappa shape index (κ1) is 22.6. The molecule has 1 fully saturated rings. The molecule has 0 aromatic rings. The van der Waals surface area contributed by atoms with E-state index in [1.54, 1.807) is 0 Å². The highest BCUT2D eigenvalue weighted by atomic mass is 19.3. The Morgan fingerprint density at radius 3 is 1.73 bits per heavy atom. The molecule has 0 aromatic heterocycles. The van der Waals surface area contributed by atoms with Gasteiger partial charge in [0.1, 0.15) is 0 Å². The molecule has 0 spiro atoms. The predicted octanol–water partition coefficient (Wildman–Crippen LogP) is 2.70. The Hall–Kier alpha value is -1.49. The van der Waals surface area contributed by atoms with Crippen molar-refractivity contribution in [3.05, 3.63) is 0 Å². The number of carbonyl (C=O) groups is 2. The molecule has 26 heavy (non-hydrogen) atoms. The summed E-state index contributed by atoms with van der Waals surface area (Å²) in [7, 11) is 2.12. The molecule has 152 valence electrons. The van der Waals surface area contributed by atoms with E-state index in [9.17, 15) is 31.5 Å². The largest absolute Gasteiger partial charge is 0.437 e. The van der Waals surface area contributed by atoms with Gasteiger partial charge in [0, 0.05) is 20.1 Å². The topological polar surface area (TPSA) is 71.1 Å². The Balaban J connectivity index is 3.59. The average Bonchev–Trinajstić information content (AvgIpc) is 2.56. The van der Waals surface area contributed by atoms with Crippen LogP contribution in [0.5, 0.6) is 0 Å². The fraction of sp³-hybridized carbons (Fsp3) is 0.867. The molecule has 0 aromatic carbocycles. The molecule has 0 radical (unpaired) electrons. The number of halogens is 5. The van der Waals surface area contributed by atoms with Gasteiger partial charge in [0.15, 0.2) is 13.6 Å². The van der Waals surface area contributed by atoms with E-state index in [1.807, 2.05) is 0 Å². The summed E-state index contributed by atoms with van der Waals surface area (Å²) >= 11 is 0. The molecule has 11 heteroatoms. The summed E-state index contributed by atoms with van der Waals surface area (Å²) in [5, 5.41) is 0. The van der Waals surface area contributed by atoms with E-state index in [0.29, 0.717) is 0 Å². The smallest absolute Gasteiger partial charge is 0.332 e. The molecular formula is C15H21F5O6. The predicted molar refractivity (Wildman–Crippen MR) is 76.2 cm³/mol. The van der Waals surface area contributed by atoms with Gasteiger partial charge < -0.3 is 18.9 Å². The van der Waals surface area contributed by atoms with Gasteiger partial charge in [-0.1, -0.05) is 6.92 Å². The van der Waals surface area contributed by atoms with Crippen LogP contribution >= 0.6 is 0 Å². The normalized spacial score (nSPS) is 29.0. The lowest BCUT2D eigenvalue weighted by Crippen LogP contribution is -2.74. The number of hydrogen-bond acceptors (Lipinski definition) is 6. The molecule has 2 unspecified atom stereocenters. The van der Waals surface area contributed by atoms with Crippen LogP contribution in [0.4, 0.5) is 22.0 Å². The van der Waals surface area contributed by atoms with Gasteiger partial charge in [-0.25, -0.2) is 22.0 Å². The first-order valence-corrected chi connectivity index (χ1v) is 7.65. The van der Waals surface area contributed by atoms with Gasteiger partial charge in [-0.05, 0) is 19.8 Å². The van der Waals surface area contributed by atoms with Crippen LogP contribution in [0.3, 0.4) is 0 Å². The van der Waals surface area contributed by atoms with E-state index in [0.717, 1.165) is 14.2 Å². The molecule has 1 rings (SSSR count). The van der Waals surface area contributed by atoms with Crippen molar-refractivity contribution in [2.45, 2.75) is 44.2 Å². The van der Waals surface area contributed by atoms with Gasteiger partial charge in [-0.15, -0.1) is 0 Å². The molecule has 1 aliphatic rings. The molecule has 6 nitrogen and oxygen atoms in total. The highest BCUT2D eigenvalue weighted by Crippen LogP contribution is 2.63. The minimum absolute atomic E-state index is 0.0449. The molecular weight excluding hydrogens is 371 g/mol. The maximum absolute atomic E-state index is 14.9. The molecule has 0 heterocycles. The zero-order valence-corrected chi connectivity index (χ0v) is 14.7. The van der Waals surface area contributed by atoms with E-state index >= 15 is 0 Å². The van der Waals surface area contributed by atoms with Gasteiger partial charge in [0.25, 0.3) is 5.92 Å². The number of ether oxygens (including phenoxy) is 4. The van der Waals surface area contributed by atoms with E-state index in [2.05, 4.69) is 18.9 Å². The first-order chi connectivity index (χ1) is 11.9. The van der Waals surface area contributed by atoms with Gasteiger partial charge in [-0.2, -0.15) is 0 Å². The summed E-state index contributed by atoms with van der Waals surface area (Å²) < 4.78 is 90.9. The maximum atomic E-state index is 14.9. The second-order valence-electron chi connectivity index (χ2n) is 6.09. The minimum Gasteiger partial charge on any atom is -0.437 e. The van der Waals surface area contributed by atoms with Crippen LogP contribution < -0.4 is 0 Å². The summed E-state index contributed by atoms with van der Waals surface area (Å²) in [6.45, 7) is -0.532. The monoisotopic (exact) mass is 392 g/mol. The second kappa shape index (κ2) is 7.63. The van der Waals surface area contributed by atoms with Crippen molar-refractivity contribution in [1.82, 2.24) is 0 Å². The van der Waals surface area contributed by atoms with Crippen LogP contribution in [0.2, 0.25) is 0 Å². The number of hydrogen-bond donors (Lipinski definition) is 0. The lowest BCUT2D eigenvalue weighted by Gasteiger charge is -2.52. The standard InChI is InChI=1S/C15H21F5O6/c1-5-9-6-13(10(21)25-7-23-3,11(22)26-8-24-4)15(19,20)12(2,16)14(9,17)18/h9H,5-8H2,1-4H3. The van der Waals surface area contributed by atoms with Crippen molar-refractivity contribution in [3.63, 3.8) is 0 Å². The summed E-state index contributed by atoms with van der Waals surface area (Å²) in [6, 6.07) is 0. The first-order valence-electron chi connectivity index (χ1n) is 7.65. The van der Waals surface area contributed by atoms with E-state index in [-0.39, 0.29) is 6.92 Å². The fourth-order valence-electron chi connectivity index (χ4n) is 3.00. The minimum atomic E-state index is -5.13. The number of methoxy groups -OCH3 is 2. The quantitative estimate of drug-likeness (QED) is 0.287. The molecule has 1 saturated carbocycles. The molecule has 1 aliphatic carbocycles. The third-order valence-corrected chi connectivity index (χ3v) is 4.62. The Kier molecular flexibility index (Phi) is 6.62. The summed E-state index contributed by atoms with van der Waals surface area (Å²) in [4.78, 5) is 24.6. The zero-order valence-electron chi connectivity index (χ0n) is 14.7. The fourth-order valence-corrected chi connectivity index (χ4v) is 3.00. The summed E-state index contributed by atoms with van der Waals surface area (Å²) in [5.41, 5.74) is -8.13. The van der Waals surface area contributed by atoms with Crippen LogP contribution in [0.25, 0.3) is 0 Å². The lowest BCUT2D eigenvalue weighted by molar-refractivity contribution is -0.328. The Labute approximate surface area is 146 Å². The van der Waals surface area contributed by atoms with Crippen LogP contribution in [-0.4, -0.2) is 57.3 Å². The van der Waals surface area contributed by atoms with Crippen LogP contribution in [-0.2, 0) is 28.5 Å². The van der Waals surface area contributed by atoms with Gasteiger partial charge in [-0.3, -0.25) is 9.59 Å². The zero-order chi connectivity index (χ0) is 20.4. The number of alkyl halides is 5. The molecule has 0 N–H and O–H groups in total. The average molecular weight is 392 g/mol. The molecule has 0 amide bonds. The molecule has 0 aliphatic heterocycles. The highest BCUT2D eigenvalue weighted by Gasteiger charge is 2.85. The van der Waals surface area contributed by atoms with Crippen molar-refractivity contribution in [3.8, 4) is 0 Å². The van der Waals surface area contributed by atoms with E-state index < -0.39 is 67.2 Å². The van der Waals surface area contributed by atoms with Gasteiger partial charge >= 0.3 is 17.9 Å². The van der Waals surface area contributed by atoms with Crippen LogP contribution in [0, 0.1) is 11.3 Å². The molecule has 2 atom stereocenters. The van der Waals surface area contributed by atoms with Crippen LogP contribution in [0.15, 0.2) is 0 Å². The lowest BCUT2D eigenvalue weighted by atomic mass is 9.59. The maximum Gasteiger partial charge on any atom is 0.332 e. The Bertz CT molecular complexity index is 517. The van der Waals surface area contributed by atoms with Crippen molar-refractivity contribution in [1.29, 1.82) is 0 Å². The van der Waals surface area contributed by atoms with E-state index in [1.165, 1.54) is 6.92 Å².